The SMILES string of the molecule is Cc1ncsc1-c1ccc([C@H](C)NC(=O)[C@@H]2C[C@@H](O)CN2C(=O)[C@@H](NC(=O)COCCC2(CCNc3ccc(C(=O)N[C@H]4C(C)(C)[C@H](Oc5ccc(C#N)c(Cl)c5)C4(C)C)cc3)COC2)C(C)(C)C)cc1. The number of hydrogen-bond donors (Lipinski definition) is 5. The first-order valence-electron chi connectivity index (χ1n) is 24.3. The molecule has 0 bridgehead atoms. The van der Waals surface area contributed by atoms with Gasteiger partial charge in [0.05, 0.1) is 52.0 Å². The fourth-order valence-corrected chi connectivity index (χ4v) is 11.5. The van der Waals surface area contributed by atoms with Crippen molar-refractivity contribution < 1.29 is 38.5 Å². The van der Waals surface area contributed by atoms with Gasteiger partial charge in [0.1, 0.15) is 36.6 Å². The number of hydrogen-bond acceptors (Lipinski definition) is 12. The number of ether oxygens (including phenoxy) is 3. The van der Waals surface area contributed by atoms with Crippen LogP contribution in [0.25, 0.3) is 10.4 Å². The average Bonchev–Trinajstić information content (AvgIpc) is 3.93. The minimum atomic E-state index is -0.974. The monoisotopic (exact) mass is 1010 g/mol. The molecule has 4 aromatic rings. The van der Waals surface area contributed by atoms with Crippen LogP contribution in [0, 0.1) is 39.9 Å². The van der Waals surface area contributed by atoms with Crippen molar-refractivity contribution in [1.82, 2.24) is 25.8 Å². The van der Waals surface area contributed by atoms with Gasteiger partial charge >= 0.3 is 0 Å². The second kappa shape index (κ2) is 21.6. The van der Waals surface area contributed by atoms with Crippen molar-refractivity contribution in [3.8, 4) is 22.3 Å². The number of amides is 4. The smallest absolute Gasteiger partial charge is 0.251 e. The Morgan fingerprint density at radius 3 is 2.28 bits per heavy atom. The first-order valence-corrected chi connectivity index (χ1v) is 25.5. The highest BCUT2D eigenvalue weighted by Gasteiger charge is 2.64. The fraction of sp³-hybridized carbons (Fsp3) is 0.519. The number of β-amino-alcohol motifs (C(OH)–C–C–N with tert-alkyl or cyclic N) is 1. The van der Waals surface area contributed by atoms with Gasteiger partial charge in [-0.1, -0.05) is 84.3 Å². The summed E-state index contributed by atoms with van der Waals surface area (Å²) in [5, 5.41) is 32.9. The van der Waals surface area contributed by atoms with Crippen LogP contribution in [0.4, 0.5) is 5.69 Å². The van der Waals surface area contributed by atoms with Crippen molar-refractivity contribution in [3.05, 3.63) is 99.6 Å². The number of likely N-dealkylation sites (tertiary alicyclic amines) is 1. The molecule has 0 radical (unpaired) electrons. The van der Waals surface area contributed by atoms with Crippen LogP contribution in [0.5, 0.6) is 5.75 Å². The topological polar surface area (TPSA) is 204 Å². The number of aliphatic hydroxyl groups is 1. The number of nitrogens with zero attached hydrogens (tertiary/aromatic N) is 3. The van der Waals surface area contributed by atoms with Crippen molar-refractivity contribution >= 4 is 52.3 Å². The van der Waals surface area contributed by atoms with Gasteiger partial charge in [-0.15, -0.1) is 11.3 Å². The molecule has 4 amide bonds. The lowest BCUT2D eigenvalue weighted by molar-refractivity contribution is -0.164. The van der Waals surface area contributed by atoms with Crippen LogP contribution in [-0.2, 0) is 23.9 Å². The van der Waals surface area contributed by atoms with Crippen molar-refractivity contribution in [2.75, 3.05) is 44.8 Å². The maximum absolute atomic E-state index is 14.2. The second-order valence-electron chi connectivity index (χ2n) is 21.7. The normalized spacial score (nSPS) is 21.6. The average molecular weight is 1010 g/mol. The minimum absolute atomic E-state index is 0.0233. The molecule has 15 nitrogen and oxygen atoms in total. The number of anilines is 1. The van der Waals surface area contributed by atoms with E-state index in [2.05, 4.69) is 60.0 Å². The van der Waals surface area contributed by atoms with Crippen molar-refractivity contribution in [3.63, 3.8) is 0 Å². The van der Waals surface area contributed by atoms with Gasteiger partial charge in [0, 0.05) is 65.7 Å². The quantitative estimate of drug-likeness (QED) is 0.0573. The molecule has 3 heterocycles. The van der Waals surface area contributed by atoms with Crippen molar-refractivity contribution in [2.24, 2.45) is 21.7 Å². The van der Waals surface area contributed by atoms with E-state index in [9.17, 15) is 29.5 Å². The molecular weight excluding hydrogens is 942 g/mol. The highest BCUT2D eigenvalue weighted by Crippen LogP contribution is 2.55. The van der Waals surface area contributed by atoms with Gasteiger partial charge in [-0.3, -0.25) is 19.2 Å². The summed E-state index contributed by atoms with van der Waals surface area (Å²) in [5.41, 5.74) is 4.90. The Bertz CT molecular complexity index is 2590. The lowest BCUT2D eigenvalue weighted by atomic mass is 9.49. The van der Waals surface area contributed by atoms with E-state index in [0.29, 0.717) is 54.7 Å². The highest BCUT2D eigenvalue weighted by atomic mass is 35.5. The molecule has 1 aliphatic carbocycles. The Morgan fingerprint density at radius 2 is 1.69 bits per heavy atom. The number of halogens is 1. The Hall–Kier alpha value is -5.57. The number of nitriles is 1. The van der Waals surface area contributed by atoms with Gasteiger partial charge in [0.25, 0.3) is 5.91 Å². The molecule has 1 saturated carbocycles. The molecule has 3 fully saturated rings. The molecule has 5 N–H and O–H groups in total. The maximum Gasteiger partial charge on any atom is 0.251 e. The summed E-state index contributed by atoms with van der Waals surface area (Å²) >= 11 is 7.83. The summed E-state index contributed by atoms with van der Waals surface area (Å²) in [6.45, 7) is 19.5. The predicted molar refractivity (Wildman–Crippen MR) is 274 cm³/mol. The molecule has 4 atom stereocenters. The van der Waals surface area contributed by atoms with Gasteiger partial charge in [-0.05, 0) is 79.6 Å². The van der Waals surface area contributed by atoms with E-state index in [1.165, 1.54) is 4.90 Å². The summed E-state index contributed by atoms with van der Waals surface area (Å²) in [6, 6.07) is 20.0. The van der Waals surface area contributed by atoms with Crippen LogP contribution in [-0.4, -0.2) is 108 Å². The molecule has 1 aromatic heterocycles. The van der Waals surface area contributed by atoms with Gasteiger partial charge in [-0.2, -0.15) is 5.26 Å². The molecule has 380 valence electrons. The van der Waals surface area contributed by atoms with E-state index in [0.717, 1.165) is 33.8 Å². The summed E-state index contributed by atoms with van der Waals surface area (Å²) in [5.74, 6) is -0.862. The maximum atomic E-state index is 14.2. The van der Waals surface area contributed by atoms with Crippen LogP contribution in [0.2, 0.25) is 5.02 Å². The molecule has 3 aromatic carbocycles. The van der Waals surface area contributed by atoms with Crippen LogP contribution in [0.3, 0.4) is 0 Å². The number of carbonyl (C=O) groups excluding carboxylic acids is 4. The first-order chi connectivity index (χ1) is 33.5. The molecule has 17 heteroatoms. The fourth-order valence-electron chi connectivity index (χ4n) is 10.5. The zero-order valence-electron chi connectivity index (χ0n) is 42.2. The zero-order valence-corrected chi connectivity index (χ0v) is 43.8. The number of aromatic nitrogens is 1. The van der Waals surface area contributed by atoms with Crippen LogP contribution < -0.4 is 26.0 Å². The number of aliphatic hydroxyl groups excluding tert-OH is 1. The molecule has 71 heavy (non-hydrogen) atoms. The molecule has 0 unspecified atom stereocenters. The van der Waals surface area contributed by atoms with Gasteiger partial charge in [0.2, 0.25) is 17.7 Å². The lowest BCUT2D eigenvalue weighted by Gasteiger charge is -2.63. The minimum Gasteiger partial charge on any atom is -0.489 e. The molecule has 2 aliphatic heterocycles. The molecular formula is C54H68ClN7O8S. The van der Waals surface area contributed by atoms with Gasteiger partial charge in [0.15, 0.2) is 0 Å². The number of benzene rings is 3. The van der Waals surface area contributed by atoms with Crippen molar-refractivity contribution in [2.45, 2.75) is 118 Å². The molecule has 0 spiro atoms. The predicted octanol–water partition coefficient (Wildman–Crippen LogP) is 7.85. The van der Waals surface area contributed by atoms with E-state index < -0.39 is 46.2 Å². The molecule has 2 saturated heterocycles. The summed E-state index contributed by atoms with van der Waals surface area (Å²) in [7, 11) is 0. The molecule has 7 rings (SSSR count). The number of thiazole rings is 1. The van der Waals surface area contributed by atoms with Gasteiger partial charge < -0.3 is 45.5 Å². The summed E-state index contributed by atoms with van der Waals surface area (Å²) < 4.78 is 17.9. The van der Waals surface area contributed by atoms with Crippen LogP contribution >= 0.6 is 22.9 Å². The zero-order chi connectivity index (χ0) is 51.5. The Balaban J connectivity index is 0.841. The van der Waals surface area contributed by atoms with E-state index in [1.54, 1.807) is 41.7 Å². The Labute approximate surface area is 426 Å². The van der Waals surface area contributed by atoms with E-state index >= 15 is 0 Å². The Kier molecular flexibility index (Phi) is 16.2. The van der Waals surface area contributed by atoms with E-state index in [4.69, 9.17) is 25.8 Å². The first kappa shape index (κ1) is 53.2. The number of nitrogens with one attached hydrogen (secondary N) is 4. The Morgan fingerprint density at radius 1 is 1.00 bits per heavy atom. The van der Waals surface area contributed by atoms with Crippen LogP contribution in [0.15, 0.2) is 72.2 Å². The number of carbonyl (C=O) groups is 4. The van der Waals surface area contributed by atoms with E-state index in [-0.39, 0.29) is 55.0 Å². The number of rotatable bonds is 19. The van der Waals surface area contributed by atoms with Gasteiger partial charge in [-0.25, -0.2) is 4.98 Å². The number of aryl methyl sites for hydroxylation is 1. The third-order valence-electron chi connectivity index (χ3n) is 14.4. The summed E-state index contributed by atoms with van der Waals surface area (Å²) in [6.07, 6.45) is 0.451. The largest absolute Gasteiger partial charge is 0.489 e. The lowest BCUT2D eigenvalue weighted by Crippen LogP contribution is -2.74. The van der Waals surface area contributed by atoms with E-state index in [1.807, 2.05) is 76.5 Å². The van der Waals surface area contributed by atoms with Crippen molar-refractivity contribution in [1.29, 1.82) is 5.26 Å². The molecule has 3 aliphatic rings. The van der Waals surface area contributed by atoms with Crippen LogP contribution in [0.1, 0.15) is 108 Å². The summed E-state index contributed by atoms with van der Waals surface area (Å²) in [4.78, 5) is 61.5. The standard InChI is InChI=1S/C54H68ClN7O8S/c1-32(34-10-12-35(13-11-34)44-33(2)58-31-71-44)59-47(66)42-24-39(63)27-62(42)48(67)45(51(3,4)5)60-43(64)28-68-23-21-54(29-69-30-54)20-22-57-38-17-14-36(15-18-38)46(65)61-49-52(6,7)50(53(49,8)9)70-40-19-16-37(26-56)41(55)25-40/h10-19,25,31-32,39,42,45,49-50,57,63H,20-24,27-30H2,1-9H3,(H,59,66)(H,60,64)(H,61,65)/t32-,39+,42-,45+,49-,50-/m0/s1. The third-order valence-corrected chi connectivity index (χ3v) is 15.7. The highest BCUT2D eigenvalue weighted by molar-refractivity contribution is 7.13. The third kappa shape index (κ3) is 12.0. The second-order valence-corrected chi connectivity index (χ2v) is 23.0.